The summed E-state index contributed by atoms with van der Waals surface area (Å²) in [5.41, 5.74) is 7.70. The smallest absolute Gasteiger partial charge is 0.126 e. The summed E-state index contributed by atoms with van der Waals surface area (Å²) in [5.74, 6) is -0.180. The highest BCUT2D eigenvalue weighted by Crippen LogP contribution is 2.19. The summed E-state index contributed by atoms with van der Waals surface area (Å²) >= 11 is 0. The van der Waals surface area contributed by atoms with Crippen molar-refractivity contribution in [3.63, 3.8) is 0 Å². The van der Waals surface area contributed by atoms with Crippen LogP contribution in [0.1, 0.15) is 24.5 Å². The van der Waals surface area contributed by atoms with Crippen LogP contribution in [0, 0.1) is 5.82 Å². The van der Waals surface area contributed by atoms with Crippen molar-refractivity contribution in [2.24, 2.45) is 12.8 Å². The molecule has 1 aromatic carbocycles. The fraction of sp³-hybridized carbons (Fsp3) is 0.400. The molecule has 2 aromatic rings. The number of nitrogens with two attached hydrogens (primary N) is 1. The summed E-state index contributed by atoms with van der Waals surface area (Å²) < 4.78 is 15.4. The lowest BCUT2D eigenvalue weighted by Crippen LogP contribution is -2.39. The van der Waals surface area contributed by atoms with Gasteiger partial charge in [0, 0.05) is 18.8 Å². The first-order chi connectivity index (χ1) is 8.96. The number of halogens is 1. The molecular formula is C15H20FN3. The molecule has 1 unspecified atom stereocenters. The maximum absolute atomic E-state index is 13.6. The van der Waals surface area contributed by atoms with Gasteiger partial charge in [-0.15, -0.1) is 0 Å². The van der Waals surface area contributed by atoms with Gasteiger partial charge in [0.2, 0.25) is 0 Å². The number of nitrogens with zero attached hydrogens (tertiary/aromatic N) is 2. The lowest BCUT2D eigenvalue weighted by molar-refractivity contribution is 0.421. The molecule has 0 fully saturated rings. The summed E-state index contributed by atoms with van der Waals surface area (Å²) in [6.45, 7) is 1.97. The lowest BCUT2D eigenvalue weighted by Gasteiger charge is -2.24. The predicted molar refractivity (Wildman–Crippen MR) is 74.2 cm³/mol. The zero-order chi connectivity index (χ0) is 13.9. The van der Waals surface area contributed by atoms with E-state index >= 15 is 0 Å². The van der Waals surface area contributed by atoms with Crippen molar-refractivity contribution in [1.82, 2.24) is 9.78 Å². The van der Waals surface area contributed by atoms with E-state index in [0.717, 1.165) is 18.4 Å². The third kappa shape index (κ3) is 3.89. The quantitative estimate of drug-likeness (QED) is 0.898. The van der Waals surface area contributed by atoms with E-state index in [4.69, 9.17) is 5.73 Å². The van der Waals surface area contributed by atoms with Crippen LogP contribution in [0.25, 0.3) is 0 Å². The maximum atomic E-state index is 13.6. The van der Waals surface area contributed by atoms with E-state index < -0.39 is 5.54 Å². The van der Waals surface area contributed by atoms with Crippen molar-refractivity contribution in [1.29, 1.82) is 0 Å². The van der Waals surface area contributed by atoms with Gasteiger partial charge in [-0.25, -0.2) is 4.39 Å². The van der Waals surface area contributed by atoms with Gasteiger partial charge >= 0.3 is 0 Å². The number of hydrogen-bond donors (Lipinski definition) is 1. The summed E-state index contributed by atoms with van der Waals surface area (Å²) in [6, 6.07) is 6.81. The minimum Gasteiger partial charge on any atom is -0.325 e. The molecule has 0 bridgehead atoms. The Labute approximate surface area is 113 Å². The van der Waals surface area contributed by atoms with Gasteiger partial charge in [0.1, 0.15) is 5.82 Å². The summed E-state index contributed by atoms with van der Waals surface area (Å²) in [4.78, 5) is 0. The van der Waals surface area contributed by atoms with Crippen LogP contribution in [0.4, 0.5) is 4.39 Å². The highest BCUT2D eigenvalue weighted by Gasteiger charge is 2.20. The van der Waals surface area contributed by atoms with Crippen molar-refractivity contribution in [2.45, 2.75) is 31.7 Å². The third-order valence-electron chi connectivity index (χ3n) is 3.30. The molecule has 0 aliphatic heterocycles. The molecule has 0 saturated heterocycles. The summed E-state index contributed by atoms with van der Waals surface area (Å²) in [5, 5.41) is 4.13. The van der Waals surface area contributed by atoms with E-state index in [0.29, 0.717) is 12.0 Å². The Morgan fingerprint density at radius 3 is 2.74 bits per heavy atom. The second-order valence-corrected chi connectivity index (χ2v) is 5.44. The molecule has 0 saturated carbocycles. The van der Waals surface area contributed by atoms with Gasteiger partial charge in [-0.2, -0.15) is 5.10 Å². The topological polar surface area (TPSA) is 43.8 Å². The summed E-state index contributed by atoms with van der Waals surface area (Å²) in [7, 11) is 1.89. The van der Waals surface area contributed by atoms with E-state index in [9.17, 15) is 4.39 Å². The third-order valence-corrected chi connectivity index (χ3v) is 3.30. The molecule has 0 radical (unpaired) electrons. The molecule has 0 aliphatic carbocycles. The van der Waals surface area contributed by atoms with Gasteiger partial charge in [0.05, 0.1) is 6.20 Å². The van der Waals surface area contributed by atoms with E-state index in [1.165, 1.54) is 6.07 Å². The van der Waals surface area contributed by atoms with Crippen LogP contribution in [-0.2, 0) is 19.9 Å². The number of rotatable bonds is 5. The zero-order valence-corrected chi connectivity index (χ0v) is 11.4. The molecule has 1 atom stereocenters. The van der Waals surface area contributed by atoms with E-state index in [2.05, 4.69) is 5.10 Å². The van der Waals surface area contributed by atoms with Crippen molar-refractivity contribution < 1.29 is 4.39 Å². The van der Waals surface area contributed by atoms with Gasteiger partial charge in [-0.3, -0.25) is 4.68 Å². The molecule has 1 heterocycles. The normalized spacial score (nSPS) is 14.3. The van der Waals surface area contributed by atoms with Crippen LogP contribution in [-0.4, -0.2) is 15.3 Å². The predicted octanol–water partition coefficient (Wildman–Crippen LogP) is 2.45. The standard InChI is InChI=1S/C15H20FN3/c1-15(17,8-7-12-10-18-19(2)11-12)9-13-5-3-4-6-14(13)16/h3-6,10-11H,7-9,17H2,1-2H3. The molecule has 102 valence electrons. The lowest BCUT2D eigenvalue weighted by atomic mass is 9.88. The molecule has 2 rings (SSSR count). The Hall–Kier alpha value is -1.68. The van der Waals surface area contributed by atoms with Crippen LogP contribution >= 0.6 is 0 Å². The number of aromatic nitrogens is 2. The van der Waals surface area contributed by atoms with Gasteiger partial charge in [-0.1, -0.05) is 18.2 Å². The largest absolute Gasteiger partial charge is 0.325 e. The SMILES string of the molecule is Cn1cc(CCC(C)(N)Cc2ccccc2F)cn1. The van der Waals surface area contributed by atoms with Crippen LogP contribution in [0.2, 0.25) is 0 Å². The fourth-order valence-electron chi connectivity index (χ4n) is 2.20. The second kappa shape index (κ2) is 5.53. The minimum absolute atomic E-state index is 0.180. The van der Waals surface area contributed by atoms with Crippen LogP contribution in [0.3, 0.4) is 0 Å². The average Bonchev–Trinajstić information content (AvgIpc) is 2.76. The molecule has 0 spiro atoms. The minimum atomic E-state index is -0.419. The first-order valence-corrected chi connectivity index (χ1v) is 6.46. The van der Waals surface area contributed by atoms with Crippen molar-refractivity contribution >= 4 is 0 Å². The first-order valence-electron chi connectivity index (χ1n) is 6.46. The van der Waals surface area contributed by atoms with Crippen molar-refractivity contribution in [3.8, 4) is 0 Å². The second-order valence-electron chi connectivity index (χ2n) is 5.44. The van der Waals surface area contributed by atoms with Gasteiger partial charge in [0.25, 0.3) is 0 Å². The van der Waals surface area contributed by atoms with Crippen LogP contribution in [0.5, 0.6) is 0 Å². The molecule has 3 nitrogen and oxygen atoms in total. The average molecular weight is 261 g/mol. The maximum Gasteiger partial charge on any atom is 0.126 e. The number of aryl methyl sites for hydroxylation is 2. The Kier molecular flexibility index (Phi) is 4.00. The first kappa shape index (κ1) is 13.7. The van der Waals surface area contributed by atoms with Crippen molar-refractivity contribution in [2.75, 3.05) is 0 Å². The zero-order valence-electron chi connectivity index (χ0n) is 11.4. The molecule has 19 heavy (non-hydrogen) atoms. The molecular weight excluding hydrogens is 241 g/mol. The van der Waals surface area contributed by atoms with Gasteiger partial charge < -0.3 is 5.73 Å². The Balaban J connectivity index is 1.97. The number of benzene rings is 1. The number of hydrogen-bond acceptors (Lipinski definition) is 2. The van der Waals surface area contributed by atoms with Crippen molar-refractivity contribution in [3.05, 3.63) is 53.6 Å². The Morgan fingerprint density at radius 1 is 1.37 bits per heavy atom. The fourth-order valence-corrected chi connectivity index (χ4v) is 2.20. The Morgan fingerprint density at radius 2 is 2.11 bits per heavy atom. The highest BCUT2D eigenvalue weighted by atomic mass is 19.1. The summed E-state index contributed by atoms with van der Waals surface area (Å²) in [6.07, 6.45) is 6.03. The highest BCUT2D eigenvalue weighted by molar-refractivity contribution is 5.20. The van der Waals surface area contributed by atoms with Crippen LogP contribution in [0.15, 0.2) is 36.7 Å². The van der Waals surface area contributed by atoms with E-state index in [1.807, 2.05) is 32.4 Å². The molecule has 2 N–H and O–H groups in total. The molecule has 1 aromatic heterocycles. The van der Waals surface area contributed by atoms with Crippen LogP contribution < -0.4 is 5.73 Å². The monoisotopic (exact) mass is 261 g/mol. The van der Waals surface area contributed by atoms with Gasteiger partial charge in [0.15, 0.2) is 0 Å². The van der Waals surface area contributed by atoms with E-state index in [1.54, 1.807) is 16.8 Å². The van der Waals surface area contributed by atoms with Gasteiger partial charge in [-0.05, 0) is 43.4 Å². The molecule has 0 amide bonds. The van der Waals surface area contributed by atoms with E-state index in [-0.39, 0.29) is 5.82 Å². The Bertz CT molecular complexity index is 546. The molecule has 0 aliphatic rings. The molecule has 4 heteroatoms.